The monoisotopic (exact) mass is 318 g/mol. The van der Waals surface area contributed by atoms with Crippen LogP contribution in [0.2, 0.25) is 0 Å². The maximum absolute atomic E-state index is 5.86. The third kappa shape index (κ3) is 3.01. The molecule has 3 rings (SSSR count). The normalized spacial score (nSPS) is 15.3. The number of thiocarbonyl (C=S) groups is 1. The number of nitrogens with zero attached hydrogens (tertiary/aromatic N) is 3. The molecule has 4 nitrogen and oxygen atoms in total. The van der Waals surface area contributed by atoms with Crippen molar-refractivity contribution in [2.45, 2.75) is 6.92 Å². The largest absolute Gasteiger partial charge is 0.389 e. The van der Waals surface area contributed by atoms with E-state index < -0.39 is 0 Å². The van der Waals surface area contributed by atoms with Crippen LogP contribution in [-0.2, 0) is 0 Å². The number of aryl methyl sites for hydroxylation is 1. The van der Waals surface area contributed by atoms with Crippen LogP contribution in [0.4, 0.5) is 10.8 Å². The second-order valence-corrected chi connectivity index (χ2v) is 6.49. The Morgan fingerprint density at radius 3 is 2.57 bits per heavy atom. The first-order valence-electron chi connectivity index (χ1n) is 6.95. The van der Waals surface area contributed by atoms with Gasteiger partial charge in [-0.3, -0.25) is 0 Å². The van der Waals surface area contributed by atoms with E-state index in [0.29, 0.717) is 4.99 Å². The van der Waals surface area contributed by atoms with Gasteiger partial charge in [0.15, 0.2) is 5.13 Å². The summed E-state index contributed by atoms with van der Waals surface area (Å²) >= 11 is 6.88. The average molecular weight is 318 g/mol. The molecule has 21 heavy (non-hydrogen) atoms. The fourth-order valence-electron chi connectivity index (χ4n) is 2.62. The first-order valence-corrected chi connectivity index (χ1v) is 8.24. The number of thiazole rings is 1. The summed E-state index contributed by atoms with van der Waals surface area (Å²) in [6.45, 7) is 5.95. The smallest absolute Gasteiger partial charge is 0.185 e. The maximum Gasteiger partial charge on any atom is 0.185 e. The van der Waals surface area contributed by atoms with Gasteiger partial charge in [0.05, 0.1) is 0 Å². The summed E-state index contributed by atoms with van der Waals surface area (Å²) in [5.41, 5.74) is 9.22. The molecule has 0 amide bonds. The van der Waals surface area contributed by atoms with Crippen LogP contribution in [0.25, 0.3) is 0 Å². The van der Waals surface area contributed by atoms with Crippen LogP contribution in [0.3, 0.4) is 0 Å². The van der Waals surface area contributed by atoms with E-state index in [-0.39, 0.29) is 0 Å². The first-order chi connectivity index (χ1) is 10.1. The van der Waals surface area contributed by atoms with Crippen molar-refractivity contribution in [1.29, 1.82) is 0 Å². The van der Waals surface area contributed by atoms with E-state index in [1.54, 1.807) is 11.3 Å². The third-order valence-electron chi connectivity index (χ3n) is 3.73. The highest BCUT2D eigenvalue weighted by molar-refractivity contribution is 7.80. The van der Waals surface area contributed by atoms with Gasteiger partial charge in [-0.15, -0.1) is 11.3 Å². The Labute approximate surface area is 134 Å². The third-order valence-corrected chi connectivity index (χ3v) is 4.78. The molecule has 1 fully saturated rings. The predicted octanol–water partition coefficient (Wildman–Crippen LogP) is 2.41. The molecule has 0 aliphatic carbocycles. The minimum atomic E-state index is 0.465. The summed E-state index contributed by atoms with van der Waals surface area (Å²) in [5, 5.41) is 3.13. The molecule has 0 radical (unpaired) electrons. The van der Waals surface area contributed by atoms with Crippen LogP contribution in [0.15, 0.2) is 29.8 Å². The van der Waals surface area contributed by atoms with E-state index >= 15 is 0 Å². The number of benzene rings is 1. The number of aromatic nitrogens is 1. The molecule has 2 N–H and O–H groups in total. The fourth-order valence-corrected chi connectivity index (χ4v) is 3.49. The summed E-state index contributed by atoms with van der Waals surface area (Å²) in [6.07, 6.45) is 1.86. The average Bonchev–Trinajstić information content (AvgIpc) is 3.01. The molecule has 1 aliphatic rings. The zero-order valence-corrected chi connectivity index (χ0v) is 13.6. The van der Waals surface area contributed by atoms with Crippen molar-refractivity contribution in [3.63, 3.8) is 0 Å². The van der Waals surface area contributed by atoms with Crippen LogP contribution in [0.1, 0.15) is 11.1 Å². The second kappa shape index (κ2) is 5.99. The molecule has 1 aliphatic heterocycles. The zero-order chi connectivity index (χ0) is 14.8. The van der Waals surface area contributed by atoms with Crippen LogP contribution < -0.4 is 15.5 Å². The lowest BCUT2D eigenvalue weighted by Gasteiger charge is -2.37. The molecule has 0 bridgehead atoms. The van der Waals surface area contributed by atoms with Crippen molar-refractivity contribution in [2.75, 3.05) is 36.0 Å². The fraction of sp³-hybridized carbons (Fsp3) is 0.333. The van der Waals surface area contributed by atoms with Crippen molar-refractivity contribution >= 4 is 39.4 Å². The van der Waals surface area contributed by atoms with Crippen LogP contribution in [-0.4, -0.2) is 36.2 Å². The van der Waals surface area contributed by atoms with Crippen molar-refractivity contribution in [3.8, 4) is 0 Å². The molecular formula is C15H18N4S2. The highest BCUT2D eigenvalue weighted by Gasteiger charge is 2.21. The van der Waals surface area contributed by atoms with Crippen molar-refractivity contribution in [1.82, 2.24) is 4.98 Å². The predicted molar refractivity (Wildman–Crippen MR) is 93.6 cm³/mol. The topological polar surface area (TPSA) is 45.4 Å². The lowest BCUT2D eigenvalue weighted by Crippen LogP contribution is -2.47. The quantitative estimate of drug-likeness (QED) is 0.881. The Balaban J connectivity index is 1.78. The Morgan fingerprint density at radius 1 is 1.24 bits per heavy atom. The number of rotatable bonds is 3. The van der Waals surface area contributed by atoms with Crippen molar-refractivity contribution in [2.24, 2.45) is 5.73 Å². The lowest BCUT2D eigenvalue weighted by atomic mass is 10.1. The van der Waals surface area contributed by atoms with Gasteiger partial charge in [0, 0.05) is 49.0 Å². The molecule has 0 saturated carbocycles. The second-order valence-electron chi connectivity index (χ2n) is 5.17. The molecular weight excluding hydrogens is 300 g/mol. The standard InChI is InChI=1S/C15H18N4S2/c1-11-2-3-12(14(16)20)13(10-11)18-5-7-19(8-6-18)15-17-4-9-21-15/h2-4,9-10H,5-8H2,1H3,(H2,16,20). The van der Waals surface area contributed by atoms with Gasteiger partial charge in [0.25, 0.3) is 0 Å². The minimum absolute atomic E-state index is 0.465. The Morgan fingerprint density at radius 2 is 1.95 bits per heavy atom. The Bertz CT molecular complexity index is 631. The highest BCUT2D eigenvalue weighted by atomic mass is 32.1. The van der Waals surface area contributed by atoms with Gasteiger partial charge < -0.3 is 15.5 Å². The van der Waals surface area contributed by atoms with E-state index in [1.807, 2.05) is 17.6 Å². The number of piperazine rings is 1. The molecule has 2 heterocycles. The summed E-state index contributed by atoms with van der Waals surface area (Å²) < 4.78 is 0. The summed E-state index contributed by atoms with van der Waals surface area (Å²) in [5.74, 6) is 0. The molecule has 1 aromatic carbocycles. The van der Waals surface area contributed by atoms with Crippen LogP contribution in [0, 0.1) is 6.92 Å². The van der Waals surface area contributed by atoms with Gasteiger partial charge in [-0.1, -0.05) is 18.3 Å². The van der Waals surface area contributed by atoms with Crippen molar-refractivity contribution in [3.05, 3.63) is 40.9 Å². The summed E-state index contributed by atoms with van der Waals surface area (Å²) in [4.78, 5) is 9.55. The summed E-state index contributed by atoms with van der Waals surface area (Å²) in [7, 11) is 0. The highest BCUT2D eigenvalue weighted by Crippen LogP contribution is 2.26. The Kier molecular flexibility index (Phi) is 4.07. The molecule has 2 aromatic rings. The molecule has 1 saturated heterocycles. The maximum atomic E-state index is 5.86. The van der Waals surface area contributed by atoms with Gasteiger partial charge >= 0.3 is 0 Å². The van der Waals surface area contributed by atoms with Gasteiger partial charge in [-0.25, -0.2) is 4.98 Å². The molecule has 110 valence electrons. The van der Waals surface area contributed by atoms with E-state index in [2.05, 4.69) is 33.8 Å². The number of hydrogen-bond acceptors (Lipinski definition) is 5. The zero-order valence-electron chi connectivity index (χ0n) is 12.0. The van der Waals surface area contributed by atoms with E-state index in [1.165, 1.54) is 5.56 Å². The molecule has 0 atom stereocenters. The van der Waals surface area contributed by atoms with Crippen LogP contribution in [0.5, 0.6) is 0 Å². The molecule has 0 spiro atoms. The number of nitrogens with two attached hydrogens (primary N) is 1. The minimum Gasteiger partial charge on any atom is -0.389 e. The van der Waals surface area contributed by atoms with E-state index in [9.17, 15) is 0 Å². The van der Waals surface area contributed by atoms with Gasteiger partial charge in [0.1, 0.15) is 4.99 Å². The number of anilines is 2. The molecule has 1 aromatic heterocycles. The van der Waals surface area contributed by atoms with Gasteiger partial charge in [0.2, 0.25) is 0 Å². The Hall–Kier alpha value is -1.66. The SMILES string of the molecule is Cc1ccc(C(N)=S)c(N2CCN(c3nccs3)CC2)c1. The van der Waals surface area contributed by atoms with Crippen LogP contribution >= 0.6 is 23.6 Å². The van der Waals surface area contributed by atoms with E-state index in [0.717, 1.165) is 42.6 Å². The van der Waals surface area contributed by atoms with E-state index in [4.69, 9.17) is 18.0 Å². The molecule has 6 heteroatoms. The van der Waals surface area contributed by atoms with Gasteiger partial charge in [-0.2, -0.15) is 0 Å². The number of hydrogen-bond donors (Lipinski definition) is 1. The lowest BCUT2D eigenvalue weighted by molar-refractivity contribution is 0.651. The molecule has 0 unspecified atom stereocenters. The first kappa shape index (κ1) is 14.3. The summed E-state index contributed by atoms with van der Waals surface area (Å²) in [6, 6.07) is 6.26. The van der Waals surface area contributed by atoms with Crippen molar-refractivity contribution < 1.29 is 0 Å². The van der Waals surface area contributed by atoms with Gasteiger partial charge in [-0.05, 0) is 24.6 Å².